The van der Waals surface area contributed by atoms with Crippen molar-refractivity contribution < 1.29 is 9.13 Å². The Morgan fingerprint density at radius 3 is 2.59 bits per heavy atom. The molecule has 92 valence electrons. The molecule has 0 aliphatic heterocycles. The van der Waals surface area contributed by atoms with Gasteiger partial charge in [-0.05, 0) is 44.5 Å². The molecule has 0 saturated heterocycles. The number of hydrogen-bond donors (Lipinski definition) is 1. The van der Waals surface area contributed by atoms with Crippen molar-refractivity contribution in [3.63, 3.8) is 0 Å². The average Bonchev–Trinajstić information content (AvgIpc) is 2.22. The van der Waals surface area contributed by atoms with Crippen LogP contribution < -0.4 is 5.73 Å². The van der Waals surface area contributed by atoms with E-state index in [2.05, 4.69) is 11.8 Å². The van der Waals surface area contributed by atoms with Gasteiger partial charge in [0.1, 0.15) is 5.82 Å². The summed E-state index contributed by atoms with van der Waals surface area (Å²) in [5.74, 6) is 5.21. The molecule has 0 unspecified atom stereocenters. The number of benzene rings is 1. The summed E-state index contributed by atoms with van der Waals surface area (Å²) in [6.45, 7) is 6.52. The van der Waals surface area contributed by atoms with Gasteiger partial charge in [-0.25, -0.2) is 4.39 Å². The molecule has 0 amide bonds. The second-order valence-corrected chi connectivity index (χ2v) is 4.76. The lowest BCUT2D eigenvalue weighted by atomic mass is 10.1. The molecule has 0 aliphatic rings. The maximum atomic E-state index is 13.3. The van der Waals surface area contributed by atoms with Crippen LogP contribution in [0.4, 0.5) is 4.39 Å². The van der Waals surface area contributed by atoms with Crippen LogP contribution in [0.5, 0.6) is 0 Å². The van der Waals surface area contributed by atoms with E-state index in [1.807, 2.05) is 26.8 Å². The van der Waals surface area contributed by atoms with Crippen LogP contribution in [0.15, 0.2) is 18.2 Å². The summed E-state index contributed by atoms with van der Waals surface area (Å²) in [6, 6.07) is 4.67. The second-order valence-electron chi connectivity index (χ2n) is 4.76. The van der Waals surface area contributed by atoms with Crippen molar-refractivity contribution >= 4 is 0 Å². The molecule has 0 saturated carbocycles. The van der Waals surface area contributed by atoms with Crippen LogP contribution >= 0.6 is 0 Å². The summed E-state index contributed by atoms with van der Waals surface area (Å²) < 4.78 is 18.9. The van der Waals surface area contributed by atoms with Gasteiger partial charge in [0.2, 0.25) is 0 Å². The molecule has 17 heavy (non-hydrogen) atoms. The Hall–Kier alpha value is -1.37. The lowest BCUT2D eigenvalue weighted by Gasteiger charge is -2.19. The van der Waals surface area contributed by atoms with E-state index < -0.39 is 0 Å². The Labute approximate surface area is 102 Å². The van der Waals surface area contributed by atoms with E-state index in [0.29, 0.717) is 12.2 Å². The lowest BCUT2D eigenvalue weighted by molar-refractivity contribution is -0.0150. The molecule has 0 heterocycles. The molecular formula is C14H18FNO. The Bertz CT molecular complexity index is 438. The smallest absolute Gasteiger partial charge is 0.124 e. The maximum Gasteiger partial charge on any atom is 0.124 e. The van der Waals surface area contributed by atoms with Crippen molar-refractivity contribution in [1.82, 2.24) is 0 Å². The van der Waals surface area contributed by atoms with Crippen molar-refractivity contribution in [3.8, 4) is 11.8 Å². The number of rotatable bonds is 2. The molecule has 0 bridgehead atoms. The Balaban J connectivity index is 2.82. The second kappa shape index (κ2) is 5.81. The molecule has 3 heteroatoms. The van der Waals surface area contributed by atoms with Crippen molar-refractivity contribution in [2.75, 3.05) is 6.54 Å². The fraction of sp³-hybridized carbons (Fsp3) is 0.429. The Morgan fingerprint density at radius 1 is 1.29 bits per heavy atom. The molecule has 0 aromatic heterocycles. The maximum absolute atomic E-state index is 13.3. The van der Waals surface area contributed by atoms with E-state index in [9.17, 15) is 4.39 Å². The third kappa shape index (κ3) is 5.48. The summed E-state index contributed by atoms with van der Waals surface area (Å²) in [5.41, 5.74) is 6.44. The third-order valence-corrected chi connectivity index (χ3v) is 1.96. The van der Waals surface area contributed by atoms with E-state index in [0.717, 1.165) is 5.56 Å². The molecule has 0 spiro atoms. The largest absolute Gasteiger partial charge is 0.371 e. The van der Waals surface area contributed by atoms with Gasteiger partial charge in [0.05, 0.1) is 18.8 Å². The Morgan fingerprint density at radius 2 is 2.00 bits per heavy atom. The zero-order chi connectivity index (χ0) is 12.9. The van der Waals surface area contributed by atoms with Gasteiger partial charge < -0.3 is 10.5 Å². The monoisotopic (exact) mass is 235 g/mol. The predicted octanol–water partition coefficient (Wildman–Crippen LogP) is 2.45. The van der Waals surface area contributed by atoms with Gasteiger partial charge in [0.15, 0.2) is 0 Å². The third-order valence-electron chi connectivity index (χ3n) is 1.96. The standard InChI is InChI=1S/C14H18FNO/c1-14(2,3)17-10-12-7-11(5-4-6-16)8-13(15)9-12/h7-9H,6,10,16H2,1-3H3. The van der Waals surface area contributed by atoms with Gasteiger partial charge in [0.25, 0.3) is 0 Å². The van der Waals surface area contributed by atoms with Crippen LogP contribution in [0.2, 0.25) is 0 Å². The molecule has 1 aromatic carbocycles. The van der Waals surface area contributed by atoms with Crippen molar-refractivity contribution in [1.29, 1.82) is 0 Å². The SMILES string of the molecule is CC(C)(C)OCc1cc(F)cc(C#CCN)c1. The highest BCUT2D eigenvalue weighted by atomic mass is 19.1. The minimum Gasteiger partial charge on any atom is -0.371 e. The molecule has 1 rings (SSSR count). The highest BCUT2D eigenvalue weighted by Gasteiger charge is 2.10. The lowest BCUT2D eigenvalue weighted by Crippen LogP contribution is -2.18. The zero-order valence-electron chi connectivity index (χ0n) is 10.5. The van der Waals surface area contributed by atoms with E-state index in [-0.39, 0.29) is 18.0 Å². The summed E-state index contributed by atoms with van der Waals surface area (Å²) in [5, 5.41) is 0. The quantitative estimate of drug-likeness (QED) is 0.799. The van der Waals surface area contributed by atoms with Crippen molar-refractivity contribution in [3.05, 3.63) is 35.1 Å². The minimum atomic E-state index is -0.304. The molecule has 0 fully saturated rings. The first kappa shape index (κ1) is 13.7. The van der Waals surface area contributed by atoms with Gasteiger partial charge >= 0.3 is 0 Å². The summed E-state index contributed by atoms with van der Waals surface area (Å²) in [4.78, 5) is 0. The van der Waals surface area contributed by atoms with Crippen molar-refractivity contribution in [2.45, 2.75) is 33.0 Å². The Kier molecular flexibility index (Phi) is 4.68. The fourth-order valence-electron chi connectivity index (χ4n) is 1.26. The minimum absolute atomic E-state index is 0.241. The molecular weight excluding hydrogens is 217 g/mol. The van der Waals surface area contributed by atoms with Crippen LogP contribution in [-0.4, -0.2) is 12.1 Å². The van der Waals surface area contributed by atoms with E-state index in [1.54, 1.807) is 0 Å². The van der Waals surface area contributed by atoms with Gasteiger partial charge in [-0.1, -0.05) is 11.8 Å². The van der Waals surface area contributed by atoms with Crippen LogP contribution in [-0.2, 0) is 11.3 Å². The first-order valence-electron chi connectivity index (χ1n) is 5.53. The summed E-state index contributed by atoms with van der Waals surface area (Å²) in [7, 11) is 0. The van der Waals surface area contributed by atoms with E-state index >= 15 is 0 Å². The van der Waals surface area contributed by atoms with Gasteiger partial charge in [-0.2, -0.15) is 0 Å². The van der Waals surface area contributed by atoms with Gasteiger partial charge in [-0.15, -0.1) is 0 Å². The molecule has 0 atom stereocenters. The highest BCUT2D eigenvalue weighted by molar-refractivity contribution is 5.37. The van der Waals surface area contributed by atoms with Crippen LogP contribution in [0.1, 0.15) is 31.9 Å². The number of nitrogens with two attached hydrogens (primary N) is 1. The summed E-state index contributed by atoms with van der Waals surface area (Å²) in [6.07, 6.45) is 0. The highest BCUT2D eigenvalue weighted by Crippen LogP contribution is 2.14. The molecule has 2 N–H and O–H groups in total. The van der Waals surface area contributed by atoms with Crippen LogP contribution in [0.25, 0.3) is 0 Å². The van der Waals surface area contributed by atoms with Crippen LogP contribution in [0.3, 0.4) is 0 Å². The average molecular weight is 235 g/mol. The fourth-order valence-corrected chi connectivity index (χ4v) is 1.26. The van der Waals surface area contributed by atoms with Gasteiger partial charge in [0, 0.05) is 5.56 Å². The van der Waals surface area contributed by atoms with E-state index in [4.69, 9.17) is 10.5 Å². The molecule has 0 aliphatic carbocycles. The van der Waals surface area contributed by atoms with Gasteiger partial charge in [-0.3, -0.25) is 0 Å². The van der Waals surface area contributed by atoms with E-state index in [1.165, 1.54) is 12.1 Å². The molecule has 2 nitrogen and oxygen atoms in total. The number of ether oxygens (including phenoxy) is 1. The first-order valence-corrected chi connectivity index (χ1v) is 5.53. The predicted molar refractivity (Wildman–Crippen MR) is 66.9 cm³/mol. The molecule has 0 radical (unpaired) electrons. The molecule has 1 aromatic rings. The normalized spacial score (nSPS) is 10.9. The summed E-state index contributed by atoms with van der Waals surface area (Å²) >= 11 is 0. The number of hydrogen-bond acceptors (Lipinski definition) is 2. The first-order chi connectivity index (χ1) is 7.90. The number of halogens is 1. The van der Waals surface area contributed by atoms with Crippen LogP contribution in [0, 0.1) is 17.7 Å². The zero-order valence-corrected chi connectivity index (χ0v) is 10.5. The van der Waals surface area contributed by atoms with Crippen molar-refractivity contribution in [2.24, 2.45) is 5.73 Å². The topological polar surface area (TPSA) is 35.2 Å².